The number of aromatic nitrogens is 2. The van der Waals surface area contributed by atoms with E-state index in [2.05, 4.69) is 31.7 Å². The van der Waals surface area contributed by atoms with Gasteiger partial charge >= 0.3 is 0 Å². The Labute approximate surface area is 179 Å². The molecule has 0 unspecified atom stereocenters. The monoisotopic (exact) mass is 445 g/mol. The lowest BCUT2D eigenvalue weighted by atomic mass is 10.2. The molecule has 7 nitrogen and oxygen atoms in total. The Morgan fingerprint density at radius 3 is 2.06 bits per heavy atom. The van der Waals surface area contributed by atoms with Crippen LogP contribution in [0.4, 0.5) is 26.1 Å². The maximum absolute atomic E-state index is 13.3. The van der Waals surface area contributed by atoms with Crippen molar-refractivity contribution in [2.75, 3.05) is 40.7 Å². The van der Waals surface area contributed by atoms with E-state index in [9.17, 15) is 17.2 Å². The Morgan fingerprint density at radius 1 is 0.871 bits per heavy atom. The molecule has 1 saturated heterocycles. The number of benzene rings is 2. The summed E-state index contributed by atoms with van der Waals surface area (Å²) in [6.45, 7) is 3.13. The van der Waals surface area contributed by atoms with Gasteiger partial charge in [0.1, 0.15) is 11.6 Å². The molecule has 0 atom stereocenters. The quantitative estimate of drug-likeness (QED) is 0.629. The van der Waals surface area contributed by atoms with Gasteiger partial charge in [-0.1, -0.05) is 18.2 Å². The third-order valence-electron chi connectivity index (χ3n) is 4.87. The second kappa shape index (κ2) is 8.84. The van der Waals surface area contributed by atoms with Crippen molar-refractivity contribution in [2.24, 2.45) is 0 Å². The average Bonchev–Trinajstić information content (AvgIpc) is 2.74. The number of rotatable bonds is 6. The van der Waals surface area contributed by atoms with Crippen LogP contribution in [0.25, 0.3) is 0 Å². The summed E-state index contributed by atoms with van der Waals surface area (Å²) in [6.07, 6.45) is 2.77. The molecule has 1 aliphatic heterocycles. The van der Waals surface area contributed by atoms with Crippen LogP contribution >= 0.6 is 0 Å². The van der Waals surface area contributed by atoms with E-state index in [0.29, 0.717) is 12.0 Å². The number of para-hydroxylation sites is 1. The zero-order valence-electron chi connectivity index (χ0n) is 16.6. The first-order valence-corrected chi connectivity index (χ1v) is 11.4. The average molecular weight is 445 g/mol. The van der Waals surface area contributed by atoms with Crippen molar-refractivity contribution in [2.45, 2.75) is 5.75 Å². The molecule has 10 heteroatoms. The van der Waals surface area contributed by atoms with Crippen molar-refractivity contribution in [1.29, 1.82) is 0 Å². The first kappa shape index (κ1) is 21.0. The molecule has 0 radical (unpaired) electrons. The highest BCUT2D eigenvalue weighted by Crippen LogP contribution is 2.19. The van der Waals surface area contributed by atoms with Crippen LogP contribution < -0.4 is 14.5 Å². The van der Waals surface area contributed by atoms with Crippen molar-refractivity contribution in [3.63, 3.8) is 0 Å². The smallest absolute Gasteiger partial charge is 0.237 e. The van der Waals surface area contributed by atoms with Gasteiger partial charge in [-0.3, -0.25) is 4.72 Å². The van der Waals surface area contributed by atoms with Crippen LogP contribution in [0.5, 0.6) is 0 Å². The van der Waals surface area contributed by atoms with Gasteiger partial charge in [-0.25, -0.2) is 27.2 Å². The molecule has 162 valence electrons. The van der Waals surface area contributed by atoms with Crippen LogP contribution in [0.3, 0.4) is 0 Å². The van der Waals surface area contributed by atoms with Gasteiger partial charge in [-0.15, -0.1) is 0 Å². The summed E-state index contributed by atoms with van der Waals surface area (Å²) in [6, 6.07) is 12.8. The van der Waals surface area contributed by atoms with Gasteiger partial charge in [0.05, 0.1) is 23.8 Å². The molecular formula is C21H21F2N5O2S. The summed E-state index contributed by atoms with van der Waals surface area (Å²) in [5.41, 5.74) is 1.37. The predicted molar refractivity (Wildman–Crippen MR) is 116 cm³/mol. The Hall–Kier alpha value is -3.27. The molecule has 3 aromatic rings. The second-order valence-corrected chi connectivity index (χ2v) is 8.94. The molecule has 0 spiro atoms. The van der Waals surface area contributed by atoms with Gasteiger partial charge in [-0.2, -0.15) is 0 Å². The third kappa shape index (κ3) is 5.46. The molecule has 2 aromatic carbocycles. The number of nitrogens with one attached hydrogen (secondary N) is 1. The van der Waals surface area contributed by atoms with Crippen LogP contribution in [0, 0.1) is 11.6 Å². The predicted octanol–water partition coefficient (Wildman–Crippen LogP) is 3.02. The Morgan fingerprint density at radius 2 is 1.45 bits per heavy atom. The fourth-order valence-corrected chi connectivity index (χ4v) is 4.61. The molecule has 0 bridgehead atoms. The lowest BCUT2D eigenvalue weighted by Crippen LogP contribution is -2.47. The lowest BCUT2D eigenvalue weighted by Gasteiger charge is -2.36. The number of hydrogen-bond acceptors (Lipinski definition) is 6. The number of nitrogens with zero attached hydrogens (tertiary/aromatic N) is 4. The summed E-state index contributed by atoms with van der Waals surface area (Å²) in [5, 5.41) is 0. The van der Waals surface area contributed by atoms with Crippen LogP contribution in [0.1, 0.15) is 5.56 Å². The maximum Gasteiger partial charge on any atom is 0.237 e. The van der Waals surface area contributed by atoms with E-state index in [1.54, 1.807) is 0 Å². The summed E-state index contributed by atoms with van der Waals surface area (Å²) in [7, 11) is -3.88. The molecular weight excluding hydrogens is 424 g/mol. The fraction of sp³-hybridized carbons (Fsp3) is 0.238. The van der Waals surface area contributed by atoms with E-state index in [1.807, 2.05) is 23.1 Å². The number of anilines is 3. The maximum atomic E-state index is 13.3. The zero-order valence-corrected chi connectivity index (χ0v) is 17.4. The minimum Gasteiger partial charge on any atom is -0.368 e. The lowest BCUT2D eigenvalue weighted by molar-refractivity contribution is 0.579. The van der Waals surface area contributed by atoms with Crippen LogP contribution in [-0.2, 0) is 15.8 Å². The standard InChI is InChI=1S/C21H21F2N5O2S/c22-17-10-16(11-18(23)12-17)15-31(29,30)26-19-13-24-21(25-14-19)28-8-6-27(7-9-28)20-4-2-1-3-5-20/h1-5,10-14,26H,6-9,15H2. The number of sulfonamides is 1. The highest BCUT2D eigenvalue weighted by Gasteiger charge is 2.20. The first-order chi connectivity index (χ1) is 14.9. The molecule has 1 N–H and O–H groups in total. The summed E-state index contributed by atoms with van der Waals surface area (Å²) in [5.74, 6) is -1.71. The van der Waals surface area contributed by atoms with E-state index in [4.69, 9.17) is 0 Å². The van der Waals surface area contributed by atoms with E-state index < -0.39 is 27.4 Å². The molecule has 0 saturated carbocycles. The van der Waals surface area contributed by atoms with Crippen LogP contribution in [0.2, 0.25) is 0 Å². The first-order valence-electron chi connectivity index (χ1n) is 9.70. The zero-order chi connectivity index (χ0) is 21.8. The fourth-order valence-electron chi connectivity index (χ4n) is 3.47. The second-order valence-electron chi connectivity index (χ2n) is 7.22. The Kier molecular flexibility index (Phi) is 5.99. The van der Waals surface area contributed by atoms with Gasteiger partial charge in [0.25, 0.3) is 0 Å². The van der Waals surface area contributed by atoms with E-state index in [0.717, 1.165) is 38.3 Å². The van der Waals surface area contributed by atoms with Crippen molar-refractivity contribution in [3.05, 3.63) is 78.1 Å². The van der Waals surface area contributed by atoms with Crippen molar-refractivity contribution >= 4 is 27.3 Å². The molecule has 1 aliphatic rings. The van der Waals surface area contributed by atoms with E-state index >= 15 is 0 Å². The van der Waals surface area contributed by atoms with Gasteiger partial charge in [-0.05, 0) is 29.8 Å². The van der Waals surface area contributed by atoms with Gasteiger partial charge < -0.3 is 9.80 Å². The topological polar surface area (TPSA) is 78.4 Å². The highest BCUT2D eigenvalue weighted by molar-refractivity contribution is 7.91. The number of piperazine rings is 1. The van der Waals surface area contributed by atoms with Crippen molar-refractivity contribution in [3.8, 4) is 0 Å². The summed E-state index contributed by atoms with van der Waals surface area (Å²) in [4.78, 5) is 12.9. The van der Waals surface area contributed by atoms with E-state index in [1.165, 1.54) is 18.1 Å². The van der Waals surface area contributed by atoms with E-state index in [-0.39, 0.29) is 11.3 Å². The van der Waals surface area contributed by atoms with Crippen molar-refractivity contribution in [1.82, 2.24) is 9.97 Å². The molecule has 0 aliphatic carbocycles. The summed E-state index contributed by atoms with van der Waals surface area (Å²) < 4.78 is 53.6. The van der Waals surface area contributed by atoms with Crippen LogP contribution in [-0.4, -0.2) is 44.6 Å². The normalized spacial score (nSPS) is 14.5. The number of halogens is 2. The van der Waals surface area contributed by atoms with Gasteiger partial charge in [0.15, 0.2) is 0 Å². The SMILES string of the molecule is O=S(=O)(Cc1cc(F)cc(F)c1)Nc1cnc(N2CCN(c3ccccc3)CC2)nc1. The summed E-state index contributed by atoms with van der Waals surface area (Å²) >= 11 is 0. The molecule has 1 fully saturated rings. The molecule has 0 amide bonds. The minimum atomic E-state index is -3.88. The van der Waals surface area contributed by atoms with Crippen LogP contribution in [0.15, 0.2) is 60.9 Å². The third-order valence-corrected chi connectivity index (χ3v) is 6.13. The Bertz CT molecular complexity index is 1120. The molecule has 4 rings (SSSR count). The minimum absolute atomic E-state index is 0.0128. The molecule has 31 heavy (non-hydrogen) atoms. The van der Waals surface area contributed by atoms with Gasteiger partial charge in [0.2, 0.25) is 16.0 Å². The largest absolute Gasteiger partial charge is 0.368 e. The van der Waals surface area contributed by atoms with Gasteiger partial charge in [0, 0.05) is 37.9 Å². The van der Waals surface area contributed by atoms with Crippen molar-refractivity contribution < 1.29 is 17.2 Å². The Balaban J connectivity index is 1.36. The highest BCUT2D eigenvalue weighted by atomic mass is 32.2. The molecule has 2 heterocycles. The number of hydrogen-bond donors (Lipinski definition) is 1. The molecule has 1 aromatic heterocycles.